The van der Waals surface area contributed by atoms with E-state index in [1.807, 2.05) is 63.2 Å². The Morgan fingerprint density at radius 2 is 1.35 bits per heavy atom. The Bertz CT molecular complexity index is 760. The fourth-order valence-corrected chi connectivity index (χ4v) is 2.26. The van der Waals surface area contributed by atoms with Crippen molar-refractivity contribution < 1.29 is 30.0 Å². The van der Waals surface area contributed by atoms with Crippen molar-refractivity contribution in [1.29, 1.82) is 0 Å². The van der Waals surface area contributed by atoms with Crippen LogP contribution in [0.3, 0.4) is 0 Å². The summed E-state index contributed by atoms with van der Waals surface area (Å²) in [6, 6.07) is 16.2. The Labute approximate surface area is 184 Å². The zero-order valence-electron chi connectivity index (χ0n) is 18.4. The highest BCUT2D eigenvalue weighted by atomic mass is 16.4. The summed E-state index contributed by atoms with van der Waals surface area (Å²) < 4.78 is 0. The maximum absolute atomic E-state index is 10.4. The lowest BCUT2D eigenvalue weighted by Crippen LogP contribution is -2.15. The first-order valence-corrected chi connectivity index (χ1v) is 10.4. The van der Waals surface area contributed by atoms with Crippen LogP contribution in [-0.4, -0.2) is 44.6 Å². The second kappa shape index (κ2) is 16.8. The van der Waals surface area contributed by atoms with Crippen molar-refractivity contribution in [1.82, 2.24) is 0 Å². The molecule has 6 nitrogen and oxygen atoms in total. The molecule has 2 atom stereocenters. The van der Waals surface area contributed by atoms with Crippen LogP contribution in [0.4, 0.5) is 0 Å². The van der Waals surface area contributed by atoms with Crippen molar-refractivity contribution >= 4 is 18.0 Å². The van der Waals surface area contributed by atoms with Gasteiger partial charge in [0.05, 0.1) is 17.8 Å². The number of aliphatic hydroxyl groups is 2. The maximum atomic E-state index is 10.4. The van der Waals surface area contributed by atoms with Gasteiger partial charge in [0.2, 0.25) is 0 Å². The van der Waals surface area contributed by atoms with Gasteiger partial charge in [-0.3, -0.25) is 0 Å². The number of rotatable bonds is 8. The van der Waals surface area contributed by atoms with Crippen molar-refractivity contribution in [2.24, 2.45) is 0 Å². The quantitative estimate of drug-likeness (QED) is 0.453. The van der Waals surface area contributed by atoms with Gasteiger partial charge in [-0.1, -0.05) is 63.2 Å². The minimum Gasteiger partial charge on any atom is -0.478 e. The minimum absolute atomic E-state index is 0.319. The fraction of sp³-hybridized carbons (Fsp3) is 0.360. The Morgan fingerprint density at radius 3 is 1.74 bits per heavy atom. The van der Waals surface area contributed by atoms with Gasteiger partial charge in [0, 0.05) is 6.08 Å². The standard InChI is InChI=1S/C9H10O2.C9H8O2.C7H16O2/c1-2-7-3-5-8(6-4-7)9(10)11;10-9(11)7-6-8-4-2-1-3-5-8;1-3-6(8)5-7(9)4-2/h3-6H,2H2,1H3,(H,10,11);1-7H,(H,10,11);6-9H,3-5H2,1-2H3. The number of carboxylic acid groups (broad SMARTS) is 2. The number of aliphatic carboxylic acids is 1. The van der Waals surface area contributed by atoms with Crippen molar-refractivity contribution in [3.05, 3.63) is 77.4 Å². The number of aliphatic hydroxyl groups excluding tert-OH is 2. The molecule has 2 aromatic rings. The highest BCUT2D eigenvalue weighted by molar-refractivity contribution is 5.87. The Hall–Kier alpha value is -2.96. The highest BCUT2D eigenvalue weighted by Crippen LogP contribution is 2.05. The third-order valence-electron chi connectivity index (χ3n) is 4.31. The summed E-state index contributed by atoms with van der Waals surface area (Å²) in [5.41, 5.74) is 2.41. The number of aryl methyl sites for hydroxylation is 1. The molecule has 0 aliphatic carbocycles. The smallest absolute Gasteiger partial charge is 0.335 e. The lowest BCUT2D eigenvalue weighted by molar-refractivity contribution is -0.131. The van der Waals surface area contributed by atoms with Gasteiger partial charge in [-0.25, -0.2) is 9.59 Å². The molecule has 2 aromatic carbocycles. The topological polar surface area (TPSA) is 115 Å². The molecule has 0 spiro atoms. The Balaban J connectivity index is 0.000000439. The molecule has 0 aromatic heterocycles. The third-order valence-corrected chi connectivity index (χ3v) is 4.31. The van der Waals surface area contributed by atoms with Crippen LogP contribution in [-0.2, 0) is 11.2 Å². The molecule has 0 bridgehead atoms. The van der Waals surface area contributed by atoms with E-state index in [0.717, 1.165) is 36.5 Å². The average Bonchev–Trinajstić information content (AvgIpc) is 2.79. The van der Waals surface area contributed by atoms with Crippen molar-refractivity contribution in [2.45, 2.75) is 58.7 Å². The molecule has 4 N–H and O–H groups in total. The third kappa shape index (κ3) is 14.6. The van der Waals surface area contributed by atoms with E-state index in [1.165, 1.54) is 0 Å². The van der Waals surface area contributed by atoms with Crippen molar-refractivity contribution in [2.75, 3.05) is 0 Å². The normalized spacial score (nSPS) is 12.0. The summed E-state index contributed by atoms with van der Waals surface area (Å²) in [4.78, 5) is 20.5. The van der Waals surface area contributed by atoms with Gasteiger partial charge in [-0.15, -0.1) is 0 Å². The largest absolute Gasteiger partial charge is 0.478 e. The van der Waals surface area contributed by atoms with Gasteiger partial charge < -0.3 is 20.4 Å². The summed E-state index contributed by atoms with van der Waals surface area (Å²) in [6.07, 6.45) is 4.97. The van der Waals surface area contributed by atoms with Gasteiger partial charge in [0.1, 0.15) is 0 Å². The average molecular weight is 431 g/mol. The minimum atomic E-state index is -0.922. The van der Waals surface area contributed by atoms with Crippen molar-refractivity contribution in [3.8, 4) is 0 Å². The summed E-state index contributed by atoms with van der Waals surface area (Å²) in [7, 11) is 0. The highest BCUT2D eigenvalue weighted by Gasteiger charge is 2.06. The van der Waals surface area contributed by atoms with Crippen LogP contribution < -0.4 is 0 Å². The molecule has 2 rings (SSSR count). The van der Waals surface area contributed by atoms with Gasteiger partial charge in [0.25, 0.3) is 0 Å². The molecular weight excluding hydrogens is 396 g/mol. The van der Waals surface area contributed by atoms with Crippen LogP contribution in [0.15, 0.2) is 60.7 Å². The zero-order valence-corrected chi connectivity index (χ0v) is 18.4. The molecule has 0 fully saturated rings. The lowest BCUT2D eigenvalue weighted by atomic mass is 10.1. The van der Waals surface area contributed by atoms with E-state index in [4.69, 9.17) is 20.4 Å². The molecule has 6 heteroatoms. The van der Waals surface area contributed by atoms with Gasteiger partial charge in [0.15, 0.2) is 0 Å². The van der Waals surface area contributed by atoms with E-state index in [-0.39, 0.29) is 12.2 Å². The van der Waals surface area contributed by atoms with Crippen molar-refractivity contribution in [3.63, 3.8) is 0 Å². The molecule has 0 saturated heterocycles. The van der Waals surface area contributed by atoms with E-state index in [1.54, 1.807) is 18.2 Å². The number of hydrogen-bond donors (Lipinski definition) is 4. The van der Waals surface area contributed by atoms with E-state index in [0.29, 0.717) is 12.0 Å². The van der Waals surface area contributed by atoms with Crippen LogP contribution in [0, 0.1) is 0 Å². The fourth-order valence-electron chi connectivity index (χ4n) is 2.26. The van der Waals surface area contributed by atoms with Crippen LogP contribution in [0.2, 0.25) is 0 Å². The first-order valence-electron chi connectivity index (χ1n) is 10.4. The number of carboxylic acids is 2. The van der Waals surface area contributed by atoms with Crippen LogP contribution >= 0.6 is 0 Å². The summed E-state index contributed by atoms with van der Waals surface area (Å²) in [6.45, 7) is 5.86. The van der Waals surface area contributed by atoms with E-state index in [2.05, 4.69) is 0 Å². The van der Waals surface area contributed by atoms with Gasteiger partial charge in [-0.2, -0.15) is 0 Å². The number of aromatic carboxylic acids is 1. The Kier molecular flexibility index (Phi) is 15.2. The Morgan fingerprint density at radius 1 is 0.839 bits per heavy atom. The summed E-state index contributed by atoms with van der Waals surface area (Å²) in [5.74, 6) is -1.79. The van der Waals surface area contributed by atoms with E-state index < -0.39 is 11.9 Å². The molecule has 0 heterocycles. The summed E-state index contributed by atoms with van der Waals surface area (Å²) >= 11 is 0. The molecule has 0 saturated carbocycles. The van der Waals surface area contributed by atoms with Crippen LogP contribution in [0.1, 0.15) is 61.5 Å². The van der Waals surface area contributed by atoms with Gasteiger partial charge in [-0.05, 0) is 55.0 Å². The van der Waals surface area contributed by atoms with Crippen LogP contribution in [0.5, 0.6) is 0 Å². The van der Waals surface area contributed by atoms with E-state index in [9.17, 15) is 9.59 Å². The molecule has 0 amide bonds. The zero-order chi connectivity index (χ0) is 23.6. The molecule has 0 radical (unpaired) electrons. The second-order valence-corrected chi connectivity index (χ2v) is 6.80. The molecule has 0 aliphatic rings. The maximum Gasteiger partial charge on any atom is 0.335 e. The van der Waals surface area contributed by atoms with Crippen LogP contribution in [0.25, 0.3) is 6.08 Å². The predicted octanol–water partition coefficient (Wildman–Crippen LogP) is 4.65. The first-order chi connectivity index (χ1) is 14.7. The predicted molar refractivity (Wildman–Crippen MR) is 123 cm³/mol. The van der Waals surface area contributed by atoms with E-state index >= 15 is 0 Å². The molecule has 2 unspecified atom stereocenters. The molecule has 31 heavy (non-hydrogen) atoms. The SMILES string of the molecule is CCC(O)CC(O)CC.CCc1ccc(C(=O)O)cc1.O=C(O)C=Cc1ccccc1. The molecule has 0 aliphatic heterocycles. The number of hydrogen-bond acceptors (Lipinski definition) is 4. The second-order valence-electron chi connectivity index (χ2n) is 6.80. The molecule has 170 valence electrons. The summed E-state index contributed by atoms with van der Waals surface area (Å²) in [5, 5.41) is 34.8. The number of benzene rings is 2. The monoisotopic (exact) mass is 430 g/mol. The number of carbonyl (C=O) groups is 2. The lowest BCUT2D eigenvalue weighted by Gasteiger charge is -2.11. The first kappa shape index (κ1) is 28.0. The molecular formula is C25H34O6. The van der Waals surface area contributed by atoms with Gasteiger partial charge >= 0.3 is 11.9 Å².